The Kier molecular flexibility index (Phi) is 2.97. The van der Waals surface area contributed by atoms with Gasteiger partial charge in [-0.05, 0) is 29.7 Å². The average molecular weight is 255 g/mol. The van der Waals surface area contributed by atoms with E-state index in [0.717, 1.165) is 10.4 Å². The molecule has 0 aliphatic heterocycles. The third-order valence-corrected chi connectivity index (χ3v) is 3.14. The molecule has 3 heterocycles. The summed E-state index contributed by atoms with van der Waals surface area (Å²) in [6, 6.07) is 7.70. The van der Waals surface area contributed by atoms with Crippen LogP contribution in [0.25, 0.3) is 23.6 Å². The van der Waals surface area contributed by atoms with Crippen LogP contribution in [0.1, 0.15) is 10.8 Å². The lowest BCUT2D eigenvalue weighted by atomic mass is 10.3. The molecule has 0 aromatic carbocycles. The third-order valence-electron chi connectivity index (χ3n) is 2.30. The molecule has 4 nitrogen and oxygen atoms in total. The maximum Gasteiger partial charge on any atom is 0.248 e. The van der Waals surface area contributed by atoms with Crippen molar-refractivity contribution >= 4 is 23.5 Å². The highest BCUT2D eigenvalue weighted by molar-refractivity contribution is 7.10. The topological polar surface area (TPSA) is 51.8 Å². The Morgan fingerprint density at radius 3 is 2.72 bits per heavy atom. The van der Waals surface area contributed by atoms with E-state index >= 15 is 0 Å². The first-order valence-corrected chi connectivity index (χ1v) is 6.25. The van der Waals surface area contributed by atoms with Crippen LogP contribution in [0.4, 0.5) is 0 Å². The average Bonchev–Trinajstić information content (AvgIpc) is 3.09. The highest BCUT2D eigenvalue weighted by Crippen LogP contribution is 2.18. The number of nitrogens with zero attached hydrogens (tertiary/aromatic N) is 3. The molecule has 0 radical (unpaired) electrons. The van der Waals surface area contributed by atoms with E-state index in [1.54, 1.807) is 23.7 Å². The minimum atomic E-state index is 0.496. The first-order valence-electron chi connectivity index (χ1n) is 5.37. The van der Waals surface area contributed by atoms with Gasteiger partial charge in [-0.3, -0.25) is 4.98 Å². The summed E-state index contributed by atoms with van der Waals surface area (Å²) in [4.78, 5) is 5.10. The predicted molar refractivity (Wildman–Crippen MR) is 70.8 cm³/mol. The number of hydrogen-bond donors (Lipinski definition) is 0. The van der Waals surface area contributed by atoms with Crippen LogP contribution in [0, 0.1) is 0 Å². The molecule has 0 fully saturated rings. The molecule has 0 bridgehead atoms. The molecule has 0 saturated carbocycles. The normalized spacial score (nSPS) is 11.1. The van der Waals surface area contributed by atoms with Gasteiger partial charge < -0.3 is 4.42 Å². The summed E-state index contributed by atoms with van der Waals surface area (Å²) < 4.78 is 5.54. The van der Waals surface area contributed by atoms with E-state index in [1.165, 1.54) is 0 Å². The van der Waals surface area contributed by atoms with Crippen molar-refractivity contribution in [2.24, 2.45) is 0 Å². The Labute approximate surface area is 108 Å². The van der Waals surface area contributed by atoms with Crippen LogP contribution in [0.3, 0.4) is 0 Å². The summed E-state index contributed by atoms with van der Waals surface area (Å²) >= 11 is 1.66. The van der Waals surface area contributed by atoms with Crippen molar-refractivity contribution in [1.29, 1.82) is 0 Å². The van der Waals surface area contributed by atoms with Gasteiger partial charge in [0.15, 0.2) is 0 Å². The Morgan fingerprint density at radius 1 is 1.06 bits per heavy atom. The SMILES string of the molecule is C(=C\c1cccs1)/c1nnc(-c2ccncc2)o1. The van der Waals surface area contributed by atoms with Crippen LogP contribution < -0.4 is 0 Å². The van der Waals surface area contributed by atoms with Crippen molar-refractivity contribution < 1.29 is 4.42 Å². The number of rotatable bonds is 3. The van der Waals surface area contributed by atoms with Gasteiger partial charge in [0.05, 0.1) is 0 Å². The summed E-state index contributed by atoms with van der Waals surface area (Å²) in [5, 5.41) is 9.99. The van der Waals surface area contributed by atoms with Gasteiger partial charge in [0.25, 0.3) is 0 Å². The van der Waals surface area contributed by atoms with Crippen molar-refractivity contribution in [3.8, 4) is 11.5 Å². The second kappa shape index (κ2) is 4.93. The number of pyridine rings is 1. The molecule has 0 spiro atoms. The number of hydrogen-bond acceptors (Lipinski definition) is 5. The lowest BCUT2D eigenvalue weighted by molar-refractivity contribution is 0.558. The van der Waals surface area contributed by atoms with Gasteiger partial charge >= 0.3 is 0 Å². The van der Waals surface area contributed by atoms with Crippen molar-refractivity contribution in [3.63, 3.8) is 0 Å². The molecule has 0 aliphatic carbocycles. The smallest absolute Gasteiger partial charge is 0.248 e. The Hall–Kier alpha value is -2.27. The second-order valence-electron chi connectivity index (χ2n) is 3.53. The summed E-state index contributed by atoms with van der Waals surface area (Å²) in [5.41, 5.74) is 0.869. The Bertz CT molecular complexity index is 644. The first-order chi connectivity index (χ1) is 8.92. The van der Waals surface area contributed by atoms with E-state index in [2.05, 4.69) is 15.2 Å². The van der Waals surface area contributed by atoms with Crippen LogP contribution in [-0.4, -0.2) is 15.2 Å². The van der Waals surface area contributed by atoms with Gasteiger partial charge in [-0.2, -0.15) is 0 Å². The standard InChI is InChI=1S/C13H9N3OS/c1-2-11(18-9-1)3-4-12-15-16-13(17-12)10-5-7-14-8-6-10/h1-9H/b4-3+. The fourth-order valence-corrected chi connectivity index (χ4v) is 2.07. The second-order valence-corrected chi connectivity index (χ2v) is 4.51. The third kappa shape index (κ3) is 2.36. The Balaban J connectivity index is 1.82. The molecule has 18 heavy (non-hydrogen) atoms. The zero-order valence-electron chi connectivity index (χ0n) is 9.35. The van der Waals surface area contributed by atoms with E-state index in [4.69, 9.17) is 4.42 Å². The predicted octanol–water partition coefficient (Wildman–Crippen LogP) is 3.36. The van der Waals surface area contributed by atoms with Crippen molar-refractivity contribution in [2.45, 2.75) is 0 Å². The van der Waals surface area contributed by atoms with Gasteiger partial charge in [0, 0.05) is 28.9 Å². The summed E-state index contributed by atoms with van der Waals surface area (Å²) in [6.07, 6.45) is 7.15. The fraction of sp³-hybridized carbons (Fsp3) is 0. The van der Waals surface area contributed by atoms with Crippen LogP contribution in [0.5, 0.6) is 0 Å². The zero-order chi connectivity index (χ0) is 12.2. The summed E-state index contributed by atoms with van der Waals surface area (Å²) in [6.45, 7) is 0. The maximum absolute atomic E-state index is 5.54. The monoisotopic (exact) mass is 255 g/mol. The first kappa shape index (κ1) is 10.9. The molecular weight excluding hydrogens is 246 g/mol. The van der Waals surface area contributed by atoms with Gasteiger partial charge in [-0.15, -0.1) is 21.5 Å². The zero-order valence-corrected chi connectivity index (χ0v) is 10.2. The summed E-state index contributed by atoms with van der Waals surface area (Å²) in [5.74, 6) is 0.999. The van der Waals surface area contributed by atoms with Gasteiger partial charge in [0.1, 0.15) is 0 Å². The lowest BCUT2D eigenvalue weighted by Crippen LogP contribution is -1.77. The molecule has 3 aromatic rings. The minimum absolute atomic E-state index is 0.496. The van der Waals surface area contributed by atoms with Gasteiger partial charge in [-0.1, -0.05) is 6.07 Å². The van der Waals surface area contributed by atoms with Crippen LogP contribution in [0.15, 0.2) is 46.5 Å². The van der Waals surface area contributed by atoms with Crippen molar-refractivity contribution in [2.75, 3.05) is 0 Å². The summed E-state index contributed by atoms with van der Waals surface area (Å²) in [7, 11) is 0. The van der Waals surface area contributed by atoms with E-state index in [0.29, 0.717) is 11.8 Å². The molecule has 3 rings (SSSR count). The van der Waals surface area contributed by atoms with Crippen molar-refractivity contribution in [3.05, 3.63) is 52.8 Å². The molecule has 0 N–H and O–H groups in total. The fourth-order valence-electron chi connectivity index (χ4n) is 1.45. The molecule has 0 amide bonds. The number of thiophene rings is 1. The highest BCUT2D eigenvalue weighted by Gasteiger charge is 2.05. The van der Waals surface area contributed by atoms with E-state index < -0.39 is 0 Å². The largest absolute Gasteiger partial charge is 0.417 e. The van der Waals surface area contributed by atoms with Crippen LogP contribution in [-0.2, 0) is 0 Å². The van der Waals surface area contributed by atoms with Crippen molar-refractivity contribution in [1.82, 2.24) is 15.2 Å². The minimum Gasteiger partial charge on any atom is -0.417 e. The molecule has 0 unspecified atom stereocenters. The van der Waals surface area contributed by atoms with E-state index in [1.807, 2.05) is 41.8 Å². The molecule has 88 valence electrons. The quantitative estimate of drug-likeness (QED) is 0.720. The number of aromatic nitrogens is 3. The maximum atomic E-state index is 5.54. The van der Waals surface area contributed by atoms with Crippen LogP contribution >= 0.6 is 11.3 Å². The van der Waals surface area contributed by atoms with Gasteiger partial charge in [-0.25, -0.2) is 0 Å². The molecule has 0 atom stereocenters. The molecule has 0 aliphatic rings. The van der Waals surface area contributed by atoms with E-state index in [-0.39, 0.29) is 0 Å². The Morgan fingerprint density at radius 2 is 1.94 bits per heavy atom. The van der Waals surface area contributed by atoms with Gasteiger partial charge in [0.2, 0.25) is 11.8 Å². The molecular formula is C13H9N3OS. The lowest BCUT2D eigenvalue weighted by Gasteiger charge is -1.90. The van der Waals surface area contributed by atoms with E-state index in [9.17, 15) is 0 Å². The molecule has 5 heteroatoms. The molecule has 3 aromatic heterocycles. The highest BCUT2D eigenvalue weighted by atomic mass is 32.1. The molecule has 0 saturated heterocycles. The van der Waals surface area contributed by atoms with Crippen LogP contribution in [0.2, 0.25) is 0 Å².